The third kappa shape index (κ3) is 4.27. The molecule has 2 aromatic carbocycles. The zero-order valence-electron chi connectivity index (χ0n) is 11.0. The maximum absolute atomic E-state index is 11.9. The summed E-state index contributed by atoms with van der Waals surface area (Å²) >= 11 is 8.30. The minimum absolute atomic E-state index is 0.103. The second-order valence-corrected chi connectivity index (χ2v) is 5.47. The fraction of sp³-hybridized carbons (Fsp3) is 0.0667. The van der Waals surface area contributed by atoms with Crippen LogP contribution in [0.3, 0.4) is 0 Å². The average molecular weight is 365 g/mol. The Morgan fingerprint density at radius 3 is 2.57 bits per heavy atom. The van der Waals surface area contributed by atoms with Gasteiger partial charge in [-0.15, -0.1) is 0 Å². The number of ether oxygens (including phenoxy) is 1. The third-order valence-electron chi connectivity index (χ3n) is 2.66. The SMILES string of the molecule is NC(=S)c1ccccc1NC(=O)COc1ccccc1Br. The quantitative estimate of drug-likeness (QED) is 0.800. The zero-order valence-corrected chi connectivity index (χ0v) is 13.4. The molecule has 6 heteroatoms. The van der Waals surface area contributed by atoms with Gasteiger partial charge in [-0.25, -0.2) is 0 Å². The lowest BCUT2D eigenvalue weighted by molar-refractivity contribution is -0.118. The third-order valence-corrected chi connectivity index (χ3v) is 3.54. The minimum Gasteiger partial charge on any atom is -0.483 e. The number of benzene rings is 2. The number of nitrogens with two attached hydrogens (primary N) is 1. The monoisotopic (exact) mass is 364 g/mol. The molecule has 4 nitrogen and oxygen atoms in total. The summed E-state index contributed by atoms with van der Waals surface area (Å²) in [4.78, 5) is 12.2. The molecule has 0 heterocycles. The predicted octanol–water partition coefficient (Wildman–Crippen LogP) is 3.10. The summed E-state index contributed by atoms with van der Waals surface area (Å²) in [7, 11) is 0. The number of thiocarbonyl (C=S) groups is 1. The molecule has 3 N–H and O–H groups in total. The van der Waals surface area contributed by atoms with E-state index in [4.69, 9.17) is 22.7 Å². The van der Waals surface area contributed by atoms with E-state index in [2.05, 4.69) is 21.2 Å². The summed E-state index contributed by atoms with van der Waals surface area (Å²) in [6.07, 6.45) is 0. The van der Waals surface area contributed by atoms with Gasteiger partial charge < -0.3 is 15.8 Å². The molecule has 0 aliphatic rings. The van der Waals surface area contributed by atoms with E-state index in [1.165, 1.54) is 0 Å². The molecule has 0 spiro atoms. The highest BCUT2D eigenvalue weighted by Crippen LogP contribution is 2.23. The van der Waals surface area contributed by atoms with Crippen molar-refractivity contribution in [3.63, 3.8) is 0 Å². The first-order valence-electron chi connectivity index (χ1n) is 6.14. The molecule has 2 rings (SSSR count). The molecule has 0 radical (unpaired) electrons. The number of rotatable bonds is 5. The van der Waals surface area contributed by atoms with Gasteiger partial charge in [-0.3, -0.25) is 4.79 Å². The standard InChI is InChI=1S/C15H13BrN2O2S/c16-11-6-2-4-8-13(11)20-9-14(19)18-12-7-3-1-5-10(12)15(17)21/h1-8H,9H2,(H2,17,21)(H,18,19). The number of carbonyl (C=O) groups is 1. The Morgan fingerprint density at radius 2 is 1.86 bits per heavy atom. The fourth-order valence-corrected chi connectivity index (χ4v) is 2.28. The van der Waals surface area contributed by atoms with Crippen LogP contribution in [0.4, 0.5) is 5.69 Å². The number of nitrogens with one attached hydrogen (secondary N) is 1. The number of hydrogen-bond donors (Lipinski definition) is 2. The van der Waals surface area contributed by atoms with Crippen LogP contribution in [0.25, 0.3) is 0 Å². The van der Waals surface area contributed by atoms with Crippen LogP contribution in [-0.2, 0) is 4.79 Å². The molecule has 108 valence electrons. The smallest absolute Gasteiger partial charge is 0.262 e. The fourth-order valence-electron chi connectivity index (χ4n) is 1.70. The van der Waals surface area contributed by atoms with Gasteiger partial charge in [0.15, 0.2) is 6.61 Å². The van der Waals surface area contributed by atoms with E-state index in [-0.39, 0.29) is 17.5 Å². The second-order valence-electron chi connectivity index (χ2n) is 4.18. The Balaban J connectivity index is 2.00. The summed E-state index contributed by atoms with van der Waals surface area (Å²) in [6, 6.07) is 14.4. The molecule has 0 bridgehead atoms. The topological polar surface area (TPSA) is 64.3 Å². The average Bonchev–Trinajstić information content (AvgIpc) is 2.47. The van der Waals surface area contributed by atoms with Gasteiger partial charge in [-0.1, -0.05) is 36.5 Å². The lowest BCUT2D eigenvalue weighted by atomic mass is 10.2. The zero-order chi connectivity index (χ0) is 15.2. The van der Waals surface area contributed by atoms with Gasteiger partial charge >= 0.3 is 0 Å². The van der Waals surface area contributed by atoms with E-state index in [1.807, 2.05) is 24.3 Å². The number of halogens is 1. The van der Waals surface area contributed by atoms with Crippen molar-refractivity contribution < 1.29 is 9.53 Å². The van der Waals surface area contributed by atoms with Crippen molar-refractivity contribution in [1.82, 2.24) is 0 Å². The van der Waals surface area contributed by atoms with Crippen molar-refractivity contribution >= 4 is 44.7 Å². The molecule has 0 aromatic heterocycles. The van der Waals surface area contributed by atoms with E-state index in [1.54, 1.807) is 24.3 Å². The molecule has 0 aliphatic heterocycles. The normalized spacial score (nSPS) is 9.95. The Hall–Kier alpha value is -1.92. The Kier molecular flexibility index (Phi) is 5.30. The second kappa shape index (κ2) is 7.19. The number of anilines is 1. The van der Waals surface area contributed by atoms with Crippen LogP contribution >= 0.6 is 28.1 Å². The van der Waals surface area contributed by atoms with Crippen LogP contribution in [0.1, 0.15) is 5.56 Å². The van der Waals surface area contributed by atoms with Crippen LogP contribution in [0, 0.1) is 0 Å². The van der Waals surface area contributed by atoms with Gasteiger partial charge in [0, 0.05) is 5.56 Å². The van der Waals surface area contributed by atoms with E-state index >= 15 is 0 Å². The highest BCUT2D eigenvalue weighted by Gasteiger charge is 2.09. The number of para-hydroxylation sites is 2. The summed E-state index contributed by atoms with van der Waals surface area (Å²) < 4.78 is 6.24. The molecule has 0 aliphatic carbocycles. The predicted molar refractivity (Wildman–Crippen MR) is 90.6 cm³/mol. The summed E-state index contributed by atoms with van der Waals surface area (Å²) in [6.45, 7) is -0.103. The van der Waals surface area contributed by atoms with Gasteiger partial charge in [0.1, 0.15) is 10.7 Å². The number of hydrogen-bond acceptors (Lipinski definition) is 3. The lowest BCUT2D eigenvalue weighted by Gasteiger charge is -2.11. The van der Waals surface area contributed by atoms with Crippen molar-refractivity contribution in [1.29, 1.82) is 0 Å². The summed E-state index contributed by atoms with van der Waals surface area (Å²) in [5, 5.41) is 2.73. The molecule has 0 saturated heterocycles. The Bertz CT molecular complexity index is 676. The molecule has 1 amide bonds. The highest BCUT2D eigenvalue weighted by molar-refractivity contribution is 9.10. The Labute approximate surface area is 136 Å². The van der Waals surface area contributed by atoms with Gasteiger partial charge in [-0.05, 0) is 40.2 Å². The van der Waals surface area contributed by atoms with Crippen molar-refractivity contribution in [2.75, 3.05) is 11.9 Å². The van der Waals surface area contributed by atoms with Gasteiger partial charge in [0.25, 0.3) is 5.91 Å². The first kappa shape index (κ1) is 15.5. The van der Waals surface area contributed by atoms with Crippen LogP contribution in [-0.4, -0.2) is 17.5 Å². The van der Waals surface area contributed by atoms with Gasteiger partial charge in [0.2, 0.25) is 0 Å². The van der Waals surface area contributed by atoms with Gasteiger partial charge in [-0.2, -0.15) is 0 Å². The number of amides is 1. The molecular formula is C15H13BrN2O2S. The van der Waals surface area contributed by atoms with Crippen molar-refractivity contribution in [2.24, 2.45) is 5.73 Å². The largest absolute Gasteiger partial charge is 0.483 e. The highest BCUT2D eigenvalue weighted by atomic mass is 79.9. The van der Waals surface area contributed by atoms with E-state index in [0.717, 1.165) is 4.47 Å². The minimum atomic E-state index is -0.283. The maximum Gasteiger partial charge on any atom is 0.262 e. The molecular weight excluding hydrogens is 352 g/mol. The molecule has 0 fully saturated rings. The summed E-state index contributed by atoms with van der Waals surface area (Å²) in [5.74, 6) is 0.324. The Morgan fingerprint density at radius 1 is 1.19 bits per heavy atom. The van der Waals surface area contributed by atoms with Crippen molar-refractivity contribution in [3.05, 3.63) is 58.6 Å². The van der Waals surface area contributed by atoms with E-state index in [9.17, 15) is 4.79 Å². The van der Waals surface area contributed by atoms with Crippen molar-refractivity contribution in [3.8, 4) is 5.75 Å². The van der Waals surface area contributed by atoms with E-state index < -0.39 is 0 Å². The van der Waals surface area contributed by atoms with Crippen LogP contribution in [0.15, 0.2) is 53.0 Å². The lowest BCUT2D eigenvalue weighted by Crippen LogP contribution is -2.22. The van der Waals surface area contributed by atoms with E-state index in [0.29, 0.717) is 17.0 Å². The van der Waals surface area contributed by atoms with Crippen LogP contribution in [0.5, 0.6) is 5.75 Å². The number of carbonyl (C=O) groups excluding carboxylic acids is 1. The van der Waals surface area contributed by atoms with Crippen LogP contribution in [0.2, 0.25) is 0 Å². The molecule has 0 saturated carbocycles. The van der Waals surface area contributed by atoms with Gasteiger partial charge in [0.05, 0.1) is 10.2 Å². The molecule has 0 atom stereocenters. The first-order valence-corrected chi connectivity index (χ1v) is 7.34. The molecule has 21 heavy (non-hydrogen) atoms. The molecule has 0 unspecified atom stereocenters. The van der Waals surface area contributed by atoms with Crippen molar-refractivity contribution in [2.45, 2.75) is 0 Å². The summed E-state index contributed by atoms with van der Waals surface area (Å²) in [5.41, 5.74) is 6.82. The first-order chi connectivity index (χ1) is 10.1. The van der Waals surface area contributed by atoms with Crippen LogP contribution < -0.4 is 15.8 Å². The molecule has 2 aromatic rings. The maximum atomic E-state index is 11.9.